The fourth-order valence-corrected chi connectivity index (χ4v) is 6.71. The lowest BCUT2D eigenvalue weighted by atomic mass is 9.79. The number of primary amides is 1. The number of hydrogen-bond donors (Lipinski definition) is 2. The number of thioether (sulfide) groups is 1. The number of thiazole rings is 1. The monoisotopic (exact) mass is 437 g/mol. The van der Waals surface area contributed by atoms with Crippen molar-refractivity contribution in [3.05, 3.63) is 21.7 Å². The molecule has 0 bridgehead atoms. The van der Waals surface area contributed by atoms with E-state index in [0.29, 0.717) is 16.6 Å². The van der Waals surface area contributed by atoms with Gasteiger partial charge >= 0.3 is 0 Å². The maximum absolute atomic E-state index is 12.4. The van der Waals surface area contributed by atoms with Crippen LogP contribution in [0.2, 0.25) is 0 Å². The molecule has 29 heavy (non-hydrogen) atoms. The Balaban J connectivity index is 1.51. The van der Waals surface area contributed by atoms with Crippen LogP contribution in [0.25, 0.3) is 0 Å². The van der Waals surface area contributed by atoms with Gasteiger partial charge in [-0.1, -0.05) is 6.92 Å². The van der Waals surface area contributed by atoms with E-state index in [1.807, 2.05) is 11.8 Å². The summed E-state index contributed by atoms with van der Waals surface area (Å²) in [6, 6.07) is -0.340. The number of anilines is 1. The molecule has 1 aromatic rings. The van der Waals surface area contributed by atoms with Gasteiger partial charge in [-0.05, 0) is 13.3 Å². The number of carboxylic acids is 1. The molecule has 0 saturated carbocycles. The zero-order chi connectivity index (χ0) is 21.0. The number of aliphatic carboxylic acids is 1. The maximum Gasteiger partial charge on any atom is 0.268 e. The van der Waals surface area contributed by atoms with Gasteiger partial charge in [0.05, 0.1) is 29.7 Å². The van der Waals surface area contributed by atoms with E-state index < -0.39 is 23.9 Å². The van der Waals surface area contributed by atoms with Crippen LogP contribution in [0.5, 0.6) is 0 Å². The first-order valence-corrected chi connectivity index (χ1v) is 11.1. The number of hydrogen-bond acceptors (Lipinski definition) is 9. The van der Waals surface area contributed by atoms with E-state index in [1.54, 1.807) is 12.3 Å². The van der Waals surface area contributed by atoms with Crippen LogP contribution < -0.4 is 15.7 Å². The van der Waals surface area contributed by atoms with Crippen molar-refractivity contribution in [3.63, 3.8) is 0 Å². The molecule has 9 nitrogen and oxygen atoms in total. The third-order valence-electron chi connectivity index (χ3n) is 5.76. The lowest BCUT2D eigenvalue weighted by Crippen LogP contribution is -2.64. The van der Waals surface area contributed by atoms with Crippen LogP contribution in [-0.4, -0.2) is 63.3 Å². The number of rotatable bonds is 6. The van der Waals surface area contributed by atoms with Gasteiger partial charge in [-0.3, -0.25) is 9.59 Å². The smallest absolute Gasteiger partial charge is 0.268 e. The van der Waals surface area contributed by atoms with Crippen molar-refractivity contribution in [2.24, 2.45) is 17.6 Å². The number of nitrogens with two attached hydrogens (primary N) is 1. The quantitative estimate of drug-likeness (QED) is 0.561. The predicted molar refractivity (Wildman–Crippen MR) is 106 cm³/mol. The van der Waals surface area contributed by atoms with Gasteiger partial charge in [0.25, 0.3) is 5.91 Å². The van der Waals surface area contributed by atoms with Crippen LogP contribution in [0, 0.1) is 11.8 Å². The van der Waals surface area contributed by atoms with Crippen molar-refractivity contribution < 1.29 is 24.6 Å². The van der Waals surface area contributed by atoms with Crippen LogP contribution in [0.4, 0.5) is 5.13 Å². The van der Waals surface area contributed by atoms with Gasteiger partial charge in [0, 0.05) is 34.5 Å². The summed E-state index contributed by atoms with van der Waals surface area (Å²) in [4.78, 5) is 43.7. The summed E-state index contributed by atoms with van der Waals surface area (Å²) < 4.78 is 0. The average Bonchev–Trinajstić information content (AvgIpc) is 3.33. The molecule has 11 heteroatoms. The van der Waals surface area contributed by atoms with Crippen LogP contribution in [0.1, 0.15) is 30.8 Å². The fourth-order valence-electron chi connectivity index (χ4n) is 4.37. The lowest BCUT2D eigenvalue weighted by Gasteiger charge is -2.47. The number of nitrogens with zero attached hydrogens (tertiary/aromatic N) is 3. The van der Waals surface area contributed by atoms with Gasteiger partial charge in [0.15, 0.2) is 5.13 Å². The van der Waals surface area contributed by atoms with Gasteiger partial charge in [-0.25, -0.2) is 4.98 Å². The minimum absolute atomic E-state index is 0.0573. The molecule has 0 radical (unpaired) electrons. The summed E-state index contributed by atoms with van der Waals surface area (Å²) in [5, 5.41) is 24.2. The van der Waals surface area contributed by atoms with E-state index in [-0.39, 0.29) is 34.5 Å². The molecule has 3 aliphatic heterocycles. The number of amides is 2. The summed E-state index contributed by atoms with van der Waals surface area (Å²) in [5.74, 6) is -3.05. The molecule has 4 heterocycles. The first-order chi connectivity index (χ1) is 13.7. The Labute approximate surface area is 175 Å². The Morgan fingerprint density at radius 1 is 1.48 bits per heavy atom. The lowest BCUT2D eigenvalue weighted by molar-refractivity contribution is -0.301. The molecule has 0 aliphatic carbocycles. The highest BCUT2D eigenvalue weighted by Gasteiger charge is 2.58. The second-order valence-electron chi connectivity index (χ2n) is 7.61. The molecule has 4 rings (SSSR count). The minimum atomic E-state index is -1.36. The largest absolute Gasteiger partial charge is 0.543 e. The van der Waals surface area contributed by atoms with E-state index in [2.05, 4.69) is 4.98 Å². The Morgan fingerprint density at radius 2 is 2.21 bits per heavy atom. The molecule has 3 N–H and O–H groups in total. The number of fused-ring (bicyclic) bond motifs is 1. The van der Waals surface area contributed by atoms with Crippen LogP contribution in [0.3, 0.4) is 0 Å². The number of aliphatic hydroxyl groups is 1. The van der Waals surface area contributed by atoms with Crippen molar-refractivity contribution in [2.45, 2.75) is 37.7 Å². The Hall–Kier alpha value is -2.11. The second-order valence-corrected chi connectivity index (χ2v) is 9.79. The molecule has 5 atom stereocenters. The van der Waals surface area contributed by atoms with Gasteiger partial charge < -0.3 is 30.5 Å². The zero-order valence-electron chi connectivity index (χ0n) is 15.9. The number of aliphatic hydroxyl groups excluding tert-OH is 1. The Morgan fingerprint density at radius 3 is 2.79 bits per heavy atom. The molecular formula is C18H21N4O5S2-. The molecule has 0 unspecified atom stereocenters. The highest BCUT2D eigenvalue weighted by Crippen LogP contribution is 2.51. The Bertz CT molecular complexity index is 914. The van der Waals surface area contributed by atoms with Crippen molar-refractivity contribution in [1.29, 1.82) is 0 Å². The molecule has 0 aromatic carbocycles. The summed E-state index contributed by atoms with van der Waals surface area (Å²) in [6.45, 7) is 4.82. The van der Waals surface area contributed by atoms with Crippen LogP contribution in [0.15, 0.2) is 16.0 Å². The van der Waals surface area contributed by atoms with E-state index >= 15 is 0 Å². The van der Waals surface area contributed by atoms with Gasteiger partial charge in [-0.15, -0.1) is 23.1 Å². The van der Waals surface area contributed by atoms with Gasteiger partial charge in [0.1, 0.15) is 5.69 Å². The third-order valence-corrected chi connectivity index (χ3v) is 8.19. The molecular weight excluding hydrogens is 416 g/mol. The van der Waals surface area contributed by atoms with Crippen molar-refractivity contribution >= 4 is 46.0 Å². The van der Waals surface area contributed by atoms with Crippen LogP contribution >= 0.6 is 23.1 Å². The predicted octanol–water partition coefficient (Wildman–Crippen LogP) is -0.627. The fraction of sp³-hybridized carbons (Fsp3) is 0.556. The zero-order valence-corrected chi connectivity index (χ0v) is 17.5. The molecule has 0 spiro atoms. The average molecular weight is 438 g/mol. The Kier molecular flexibility index (Phi) is 5.07. The van der Waals surface area contributed by atoms with Crippen molar-refractivity contribution in [2.75, 3.05) is 18.0 Å². The topological polar surface area (TPSA) is 140 Å². The molecule has 1 aromatic heterocycles. The number of carboxylic acid groups (broad SMARTS) is 1. The van der Waals surface area contributed by atoms with E-state index in [4.69, 9.17) is 5.73 Å². The summed E-state index contributed by atoms with van der Waals surface area (Å²) in [6.07, 6.45) is -0.0182. The number of aromatic nitrogens is 1. The molecule has 2 amide bonds. The van der Waals surface area contributed by atoms with Crippen LogP contribution in [-0.2, 0) is 9.59 Å². The number of carbonyl (C=O) groups excluding carboxylic acids is 3. The van der Waals surface area contributed by atoms with Crippen molar-refractivity contribution in [1.82, 2.24) is 9.88 Å². The summed E-state index contributed by atoms with van der Waals surface area (Å²) in [7, 11) is 0. The minimum Gasteiger partial charge on any atom is -0.543 e. The standard InChI is InChI=1S/C18H22N4O5S2/c1-7-12-11(8(2)23)16(25)22(12)13(17(26)27)14(7)29-9-3-4-21(5-9)18-20-10(6-28-18)15(19)24/h6-9,11-12,23H,3-5H2,1-2H3,(H2,19,24)(H,26,27)/p-1/t7-,8-,9+,11-,12-/m1/s1. The summed E-state index contributed by atoms with van der Waals surface area (Å²) in [5.41, 5.74) is 5.44. The number of carbonyl (C=O) groups is 3. The third kappa shape index (κ3) is 3.21. The molecule has 156 valence electrons. The molecule has 2 saturated heterocycles. The first kappa shape index (κ1) is 20.2. The highest BCUT2D eigenvalue weighted by molar-refractivity contribution is 8.03. The summed E-state index contributed by atoms with van der Waals surface area (Å²) >= 11 is 2.81. The van der Waals surface area contributed by atoms with Gasteiger partial charge in [0.2, 0.25) is 5.91 Å². The van der Waals surface area contributed by atoms with E-state index in [1.165, 1.54) is 28.0 Å². The molecule has 2 fully saturated rings. The maximum atomic E-state index is 12.4. The van der Waals surface area contributed by atoms with Gasteiger partial charge in [-0.2, -0.15) is 0 Å². The second kappa shape index (κ2) is 7.29. The SMILES string of the molecule is C[C@@H](O)[C@H]1C(=O)N2C(C(=O)[O-])=C(S[C@H]3CCN(c4nc(C(N)=O)cs4)C3)[C@H](C)[C@H]12. The number of β-lactam (4-membered cyclic amide) rings is 1. The normalized spacial score (nSPS) is 29.8. The van der Waals surface area contributed by atoms with Crippen molar-refractivity contribution in [3.8, 4) is 0 Å². The molecule has 3 aliphatic rings. The van der Waals surface area contributed by atoms with E-state index in [9.17, 15) is 24.6 Å². The first-order valence-electron chi connectivity index (χ1n) is 9.34. The highest BCUT2D eigenvalue weighted by atomic mass is 32.2. The van der Waals surface area contributed by atoms with E-state index in [0.717, 1.165) is 13.0 Å².